The average Bonchev–Trinajstić information content (AvgIpc) is 2.56. The molecule has 4 nitrogen and oxygen atoms in total. The minimum atomic E-state index is -0.430. The van der Waals surface area contributed by atoms with E-state index >= 15 is 0 Å². The van der Waals surface area contributed by atoms with Crippen molar-refractivity contribution in [2.24, 2.45) is 22.7 Å². The van der Waals surface area contributed by atoms with Crippen LogP contribution in [0.5, 0.6) is 0 Å². The Morgan fingerprint density at radius 2 is 1.48 bits per heavy atom. The Bertz CT molecular complexity index is 481. The molecule has 0 radical (unpaired) electrons. The highest BCUT2D eigenvalue weighted by atomic mass is 16.7. The van der Waals surface area contributed by atoms with Crippen LogP contribution in [0.15, 0.2) is 4.99 Å². The van der Waals surface area contributed by atoms with Crippen LogP contribution < -0.4 is 5.32 Å². The van der Waals surface area contributed by atoms with E-state index in [0.717, 1.165) is 44.4 Å². The predicted molar refractivity (Wildman–Crippen MR) is 112 cm³/mol. The normalized spacial score (nSPS) is 33.5. The monoisotopic (exact) mass is 378 g/mol. The van der Waals surface area contributed by atoms with E-state index in [1.165, 1.54) is 38.5 Å². The van der Waals surface area contributed by atoms with E-state index in [0.29, 0.717) is 5.92 Å². The van der Waals surface area contributed by atoms with Gasteiger partial charge in [0, 0.05) is 42.6 Å². The number of nitrogens with zero attached hydrogens (tertiary/aromatic N) is 1. The van der Waals surface area contributed by atoms with Gasteiger partial charge in [0.25, 0.3) is 0 Å². The summed E-state index contributed by atoms with van der Waals surface area (Å²) in [5, 5.41) is 3.71. The van der Waals surface area contributed by atoms with E-state index in [-0.39, 0.29) is 11.1 Å². The molecule has 27 heavy (non-hydrogen) atoms. The molecule has 0 aromatic carbocycles. The summed E-state index contributed by atoms with van der Waals surface area (Å²) in [6.45, 7) is 13.7. The van der Waals surface area contributed by atoms with Gasteiger partial charge in [-0.1, -0.05) is 32.6 Å². The molecule has 0 atom stereocenters. The summed E-state index contributed by atoms with van der Waals surface area (Å²) in [5.74, 6) is 1.63. The number of hydrogen-bond acceptors (Lipinski definition) is 4. The number of rotatable bonds is 5. The van der Waals surface area contributed by atoms with Crippen LogP contribution in [0.3, 0.4) is 0 Å². The van der Waals surface area contributed by atoms with Gasteiger partial charge >= 0.3 is 0 Å². The molecule has 3 aliphatic rings. The van der Waals surface area contributed by atoms with Gasteiger partial charge < -0.3 is 14.8 Å². The smallest absolute Gasteiger partial charge is 0.171 e. The molecule has 0 aromatic rings. The number of ether oxygens (including phenoxy) is 2. The second-order valence-corrected chi connectivity index (χ2v) is 10.7. The van der Waals surface area contributed by atoms with Crippen molar-refractivity contribution in [3.63, 3.8) is 0 Å². The molecule has 1 aliphatic carbocycles. The van der Waals surface area contributed by atoms with Crippen molar-refractivity contribution >= 4 is 6.21 Å². The largest absolute Gasteiger partial charge is 0.349 e. The fourth-order valence-electron chi connectivity index (χ4n) is 5.78. The van der Waals surface area contributed by atoms with E-state index in [9.17, 15) is 0 Å². The van der Waals surface area contributed by atoms with Crippen molar-refractivity contribution in [1.29, 1.82) is 0 Å². The molecule has 3 rings (SSSR count). The Kier molecular flexibility index (Phi) is 6.70. The number of nitrogens with one attached hydrogen (secondary N) is 1. The van der Waals surface area contributed by atoms with Crippen molar-refractivity contribution in [3.8, 4) is 0 Å². The van der Waals surface area contributed by atoms with Crippen molar-refractivity contribution < 1.29 is 9.47 Å². The molecular formula is C23H42N2O2. The predicted octanol–water partition coefficient (Wildman–Crippen LogP) is 4.96. The van der Waals surface area contributed by atoms with Crippen molar-refractivity contribution in [2.45, 2.75) is 103 Å². The Morgan fingerprint density at radius 1 is 0.926 bits per heavy atom. The maximum atomic E-state index is 6.32. The maximum Gasteiger partial charge on any atom is 0.171 e. The molecule has 156 valence electrons. The molecule has 2 aliphatic heterocycles. The molecule has 1 saturated carbocycles. The fourth-order valence-corrected chi connectivity index (χ4v) is 5.78. The third-order valence-electron chi connectivity index (χ3n) is 6.56. The van der Waals surface area contributed by atoms with Crippen LogP contribution in [0.25, 0.3) is 0 Å². The fraction of sp³-hybridized carbons (Fsp3) is 0.957. The molecule has 4 heteroatoms. The summed E-state index contributed by atoms with van der Waals surface area (Å²) < 4.78 is 12.6. The van der Waals surface area contributed by atoms with Crippen molar-refractivity contribution in [2.75, 3.05) is 19.8 Å². The second kappa shape index (κ2) is 8.51. The van der Waals surface area contributed by atoms with E-state index in [4.69, 9.17) is 14.5 Å². The maximum absolute atomic E-state index is 6.32. The zero-order chi connectivity index (χ0) is 19.5. The Balaban J connectivity index is 1.43. The first kappa shape index (κ1) is 21.3. The van der Waals surface area contributed by atoms with Gasteiger partial charge in [-0.15, -0.1) is 0 Å². The zero-order valence-electron chi connectivity index (χ0n) is 18.4. The Morgan fingerprint density at radius 3 is 2.04 bits per heavy atom. The van der Waals surface area contributed by atoms with Gasteiger partial charge in [0.2, 0.25) is 0 Å². The lowest BCUT2D eigenvalue weighted by Crippen LogP contribution is -2.66. The topological polar surface area (TPSA) is 42.8 Å². The number of piperidine rings is 1. The first-order valence-corrected chi connectivity index (χ1v) is 11.3. The quantitative estimate of drug-likeness (QED) is 0.687. The zero-order valence-corrected chi connectivity index (χ0v) is 18.4. The second-order valence-electron chi connectivity index (χ2n) is 10.7. The van der Waals surface area contributed by atoms with Crippen LogP contribution in [0.1, 0.15) is 86.0 Å². The summed E-state index contributed by atoms with van der Waals surface area (Å²) in [7, 11) is 0. The van der Waals surface area contributed by atoms with E-state index < -0.39 is 5.79 Å². The molecular weight excluding hydrogens is 336 g/mol. The number of hydrogen-bond donors (Lipinski definition) is 1. The van der Waals surface area contributed by atoms with Gasteiger partial charge in [0.1, 0.15) is 0 Å². The van der Waals surface area contributed by atoms with Gasteiger partial charge in [0.15, 0.2) is 5.79 Å². The first-order chi connectivity index (χ1) is 12.7. The molecule has 0 unspecified atom stereocenters. The van der Waals surface area contributed by atoms with Gasteiger partial charge in [-0.05, 0) is 52.4 Å². The van der Waals surface area contributed by atoms with E-state index in [1.807, 2.05) is 0 Å². The average molecular weight is 379 g/mol. The van der Waals surface area contributed by atoms with E-state index in [1.54, 1.807) is 0 Å². The first-order valence-electron chi connectivity index (χ1n) is 11.3. The molecule has 1 spiro atoms. The third-order valence-corrected chi connectivity index (χ3v) is 6.56. The van der Waals surface area contributed by atoms with Crippen LogP contribution >= 0.6 is 0 Å². The highest BCUT2D eigenvalue weighted by Crippen LogP contribution is 2.41. The Hall–Kier alpha value is -0.450. The summed E-state index contributed by atoms with van der Waals surface area (Å²) in [5.41, 5.74) is 0.0542. The summed E-state index contributed by atoms with van der Waals surface area (Å²) >= 11 is 0. The summed E-state index contributed by atoms with van der Waals surface area (Å²) in [4.78, 5) is 4.78. The van der Waals surface area contributed by atoms with Crippen LogP contribution in [0.4, 0.5) is 0 Å². The SMILES string of the molecule is CCCC1CCC(CN=CC2COC3(CC(C)(C)NC(C)(C)C3)OC2)CC1. The van der Waals surface area contributed by atoms with Crippen LogP contribution in [-0.4, -0.2) is 42.8 Å². The standard InChI is InChI=1S/C23H42N2O2/c1-6-7-18-8-10-19(11-9-18)12-24-13-20-14-26-23(27-15-20)16-21(2,3)25-22(4,5)17-23/h13,18-20,25H,6-12,14-17H2,1-5H3. The van der Waals surface area contributed by atoms with E-state index in [2.05, 4.69) is 46.2 Å². The molecule has 0 amide bonds. The highest BCUT2D eigenvalue weighted by Gasteiger charge is 2.50. The third kappa shape index (κ3) is 6.01. The molecule has 2 saturated heterocycles. The van der Waals surface area contributed by atoms with Crippen LogP contribution in [0.2, 0.25) is 0 Å². The van der Waals surface area contributed by atoms with Gasteiger partial charge in [-0.2, -0.15) is 0 Å². The Labute approximate surface area is 166 Å². The lowest BCUT2D eigenvalue weighted by molar-refractivity contribution is -0.303. The molecule has 3 fully saturated rings. The number of aliphatic imine (C=N–C) groups is 1. The van der Waals surface area contributed by atoms with Gasteiger partial charge in [0.05, 0.1) is 13.2 Å². The highest BCUT2D eigenvalue weighted by molar-refractivity contribution is 5.61. The minimum absolute atomic E-state index is 0.0271. The minimum Gasteiger partial charge on any atom is -0.349 e. The molecule has 2 heterocycles. The summed E-state index contributed by atoms with van der Waals surface area (Å²) in [6, 6.07) is 0. The summed E-state index contributed by atoms with van der Waals surface area (Å²) in [6.07, 6.45) is 12.2. The van der Waals surface area contributed by atoms with Gasteiger partial charge in [-0.3, -0.25) is 4.99 Å². The van der Waals surface area contributed by atoms with Gasteiger partial charge in [-0.25, -0.2) is 0 Å². The van der Waals surface area contributed by atoms with Crippen LogP contribution in [-0.2, 0) is 9.47 Å². The molecule has 0 aromatic heterocycles. The lowest BCUT2D eigenvalue weighted by Gasteiger charge is -2.53. The molecule has 1 N–H and O–H groups in total. The van der Waals surface area contributed by atoms with Crippen molar-refractivity contribution in [3.05, 3.63) is 0 Å². The lowest BCUT2D eigenvalue weighted by atomic mass is 9.78. The van der Waals surface area contributed by atoms with Crippen molar-refractivity contribution in [1.82, 2.24) is 5.32 Å². The molecule has 0 bridgehead atoms. The van der Waals surface area contributed by atoms with Crippen LogP contribution in [0, 0.1) is 17.8 Å².